The van der Waals surface area contributed by atoms with Crippen LogP contribution in [0.3, 0.4) is 0 Å². The van der Waals surface area contributed by atoms with Crippen LogP contribution in [0.25, 0.3) is 10.1 Å². The van der Waals surface area contributed by atoms with Gasteiger partial charge in [-0.15, -0.1) is 11.3 Å². The molecule has 0 radical (unpaired) electrons. The molecule has 0 amide bonds. The van der Waals surface area contributed by atoms with E-state index in [1.165, 1.54) is 36.3 Å². The fourth-order valence-corrected chi connectivity index (χ4v) is 3.90. The number of thioether (sulfide) groups is 1. The number of fused-ring (bicyclic) bond motifs is 1. The molecule has 3 aromatic heterocycles. The Labute approximate surface area is 151 Å². The van der Waals surface area contributed by atoms with E-state index in [1.807, 2.05) is 12.1 Å². The Balaban J connectivity index is 1.72. The third-order valence-corrected chi connectivity index (χ3v) is 5.13. The fourth-order valence-electron chi connectivity index (χ4n) is 2.19. The maximum Gasteiger partial charge on any atom is 0.339 e. The highest BCUT2D eigenvalue weighted by atomic mass is 32.2. The summed E-state index contributed by atoms with van der Waals surface area (Å²) in [6.45, 7) is 0. The number of hydrogen-bond acceptors (Lipinski definition) is 9. The van der Waals surface area contributed by atoms with Crippen LogP contribution < -0.4 is 5.73 Å². The van der Waals surface area contributed by atoms with Crippen LogP contribution in [0, 0.1) is 11.3 Å². The molecular weight excluding hydrogens is 358 g/mol. The molecule has 0 saturated carbocycles. The first kappa shape index (κ1) is 17.1. The Morgan fingerprint density at radius 1 is 1.44 bits per heavy atom. The number of anilines is 1. The number of rotatable bonds is 5. The number of aryl methyl sites for hydroxylation is 1. The maximum atomic E-state index is 11.8. The molecule has 0 bridgehead atoms. The van der Waals surface area contributed by atoms with Gasteiger partial charge in [0.1, 0.15) is 17.6 Å². The highest BCUT2D eigenvalue weighted by molar-refractivity contribution is 7.99. The van der Waals surface area contributed by atoms with Crippen molar-refractivity contribution in [2.45, 2.75) is 11.6 Å². The molecule has 0 aliphatic carbocycles. The van der Waals surface area contributed by atoms with Crippen LogP contribution in [0.2, 0.25) is 0 Å². The predicted octanol–water partition coefficient (Wildman–Crippen LogP) is 2.66. The van der Waals surface area contributed by atoms with Gasteiger partial charge in [-0.1, -0.05) is 11.8 Å². The molecule has 9 heteroatoms. The Morgan fingerprint density at radius 3 is 3.04 bits per heavy atom. The summed E-state index contributed by atoms with van der Waals surface area (Å²) < 4.78 is 5.74. The second kappa shape index (κ2) is 7.46. The van der Waals surface area contributed by atoms with Gasteiger partial charge in [-0.05, 0) is 12.5 Å². The highest BCUT2D eigenvalue weighted by Crippen LogP contribution is 2.27. The van der Waals surface area contributed by atoms with Crippen molar-refractivity contribution in [3.63, 3.8) is 0 Å². The number of nitrogens with zero attached hydrogens (tertiary/aromatic N) is 4. The summed E-state index contributed by atoms with van der Waals surface area (Å²) in [4.78, 5) is 24.4. The van der Waals surface area contributed by atoms with E-state index in [-0.39, 0.29) is 17.5 Å². The van der Waals surface area contributed by atoms with E-state index >= 15 is 0 Å². The van der Waals surface area contributed by atoms with Crippen molar-refractivity contribution in [1.29, 1.82) is 5.26 Å². The van der Waals surface area contributed by atoms with Gasteiger partial charge in [-0.3, -0.25) is 4.98 Å². The van der Waals surface area contributed by atoms with Crippen molar-refractivity contribution in [3.8, 4) is 6.07 Å². The van der Waals surface area contributed by atoms with E-state index in [0.717, 1.165) is 15.8 Å². The Bertz CT molecular complexity index is 980. The summed E-state index contributed by atoms with van der Waals surface area (Å²) in [5.41, 5.74) is 7.31. The summed E-state index contributed by atoms with van der Waals surface area (Å²) in [6, 6.07) is 5.29. The molecule has 3 rings (SSSR count). The van der Waals surface area contributed by atoms with E-state index in [4.69, 9.17) is 15.7 Å². The lowest BCUT2D eigenvalue weighted by atomic mass is 10.1. The minimum absolute atomic E-state index is 0.246. The van der Waals surface area contributed by atoms with Crippen molar-refractivity contribution in [3.05, 3.63) is 40.7 Å². The third kappa shape index (κ3) is 3.87. The first-order chi connectivity index (χ1) is 12.1. The van der Waals surface area contributed by atoms with Gasteiger partial charge in [0.15, 0.2) is 5.16 Å². The molecule has 0 unspecified atom stereocenters. The van der Waals surface area contributed by atoms with Gasteiger partial charge in [0, 0.05) is 34.5 Å². The number of thiophene rings is 1. The molecular formula is C16H13N5O2S2. The van der Waals surface area contributed by atoms with E-state index in [2.05, 4.69) is 15.0 Å². The molecule has 0 aliphatic heterocycles. The number of carbonyl (C=O) groups is 1. The largest absolute Gasteiger partial charge is 0.465 e. The van der Waals surface area contributed by atoms with Crippen LogP contribution >= 0.6 is 23.1 Å². The number of hydrogen-bond donors (Lipinski definition) is 1. The minimum atomic E-state index is -0.352. The van der Waals surface area contributed by atoms with Crippen LogP contribution in [0.1, 0.15) is 21.7 Å². The van der Waals surface area contributed by atoms with Gasteiger partial charge in [0.05, 0.1) is 17.4 Å². The lowest BCUT2D eigenvalue weighted by molar-refractivity contribution is 0.0603. The van der Waals surface area contributed by atoms with Gasteiger partial charge in [-0.2, -0.15) is 5.26 Å². The predicted molar refractivity (Wildman–Crippen MR) is 96.5 cm³/mol. The van der Waals surface area contributed by atoms with E-state index in [1.54, 1.807) is 11.6 Å². The second-order valence-electron chi connectivity index (χ2n) is 4.98. The monoisotopic (exact) mass is 371 g/mol. The summed E-state index contributed by atoms with van der Waals surface area (Å²) in [6.07, 6.45) is 2.42. The number of methoxy groups -OCH3 is 1. The Morgan fingerprint density at radius 2 is 2.28 bits per heavy atom. The average molecular weight is 371 g/mol. The number of carbonyl (C=O) groups excluding carboxylic acids is 1. The van der Waals surface area contributed by atoms with Crippen LogP contribution in [0.4, 0.5) is 5.82 Å². The van der Waals surface area contributed by atoms with Crippen molar-refractivity contribution in [2.24, 2.45) is 0 Å². The van der Waals surface area contributed by atoms with Gasteiger partial charge < -0.3 is 10.5 Å². The number of esters is 1. The smallest absolute Gasteiger partial charge is 0.339 e. The zero-order chi connectivity index (χ0) is 17.8. The molecule has 3 heterocycles. The van der Waals surface area contributed by atoms with Gasteiger partial charge >= 0.3 is 5.97 Å². The van der Waals surface area contributed by atoms with E-state index in [0.29, 0.717) is 22.9 Å². The third-order valence-electron chi connectivity index (χ3n) is 3.35. The van der Waals surface area contributed by atoms with Crippen LogP contribution in [-0.4, -0.2) is 33.8 Å². The first-order valence-corrected chi connectivity index (χ1v) is 9.09. The maximum absolute atomic E-state index is 11.8. The van der Waals surface area contributed by atoms with Crippen molar-refractivity contribution in [1.82, 2.24) is 15.0 Å². The van der Waals surface area contributed by atoms with Crippen LogP contribution in [0.5, 0.6) is 0 Å². The van der Waals surface area contributed by atoms with Crippen LogP contribution in [0.15, 0.2) is 28.9 Å². The summed E-state index contributed by atoms with van der Waals surface area (Å²) in [7, 11) is 1.37. The molecule has 25 heavy (non-hydrogen) atoms. The molecule has 0 fully saturated rings. The number of aromatic nitrogens is 3. The molecule has 0 aromatic carbocycles. The topological polar surface area (TPSA) is 115 Å². The average Bonchev–Trinajstić information content (AvgIpc) is 3.04. The number of nitrogens with two attached hydrogens (primary N) is 1. The van der Waals surface area contributed by atoms with Crippen LogP contribution in [-0.2, 0) is 11.2 Å². The number of nitriles is 1. The summed E-state index contributed by atoms with van der Waals surface area (Å²) >= 11 is 2.86. The first-order valence-electron chi connectivity index (χ1n) is 7.22. The SMILES string of the molecule is COC(=O)c1csc2cnc(CCSc3nc(N)cc(C#N)n3)cc12. The van der Waals surface area contributed by atoms with Gasteiger partial charge in [0.2, 0.25) is 0 Å². The number of nitrogen functional groups attached to an aromatic ring is 1. The molecule has 0 spiro atoms. The highest BCUT2D eigenvalue weighted by Gasteiger charge is 2.13. The minimum Gasteiger partial charge on any atom is -0.465 e. The second-order valence-corrected chi connectivity index (χ2v) is 6.96. The molecule has 3 aromatic rings. The lowest BCUT2D eigenvalue weighted by Crippen LogP contribution is -2.01. The molecule has 7 nitrogen and oxygen atoms in total. The standard InChI is InChI=1S/C16H13N5O2S2/c1-23-15(22)12-8-25-13-7-19-9(4-11(12)13)2-3-24-16-20-10(6-17)5-14(18)21-16/h4-5,7-8H,2-3H2,1H3,(H2,18,20,21). The fraction of sp³-hybridized carbons (Fsp3) is 0.188. The van der Waals surface area contributed by atoms with Crippen molar-refractivity contribution in [2.75, 3.05) is 18.6 Å². The molecule has 0 aliphatic rings. The van der Waals surface area contributed by atoms with Gasteiger partial charge in [-0.25, -0.2) is 14.8 Å². The zero-order valence-corrected chi connectivity index (χ0v) is 14.9. The number of pyridine rings is 1. The molecule has 2 N–H and O–H groups in total. The lowest BCUT2D eigenvalue weighted by Gasteiger charge is -2.03. The zero-order valence-electron chi connectivity index (χ0n) is 13.2. The number of ether oxygens (including phenoxy) is 1. The van der Waals surface area contributed by atoms with Crippen molar-refractivity contribution < 1.29 is 9.53 Å². The molecule has 0 saturated heterocycles. The normalized spacial score (nSPS) is 10.6. The summed E-state index contributed by atoms with van der Waals surface area (Å²) in [5.74, 6) is 0.592. The summed E-state index contributed by atoms with van der Waals surface area (Å²) in [5, 5.41) is 12.0. The Kier molecular flexibility index (Phi) is 5.11. The van der Waals surface area contributed by atoms with Crippen molar-refractivity contribution >= 4 is 45.0 Å². The van der Waals surface area contributed by atoms with E-state index in [9.17, 15) is 4.79 Å². The quantitative estimate of drug-likeness (QED) is 0.413. The van der Waals surface area contributed by atoms with E-state index < -0.39 is 0 Å². The molecule has 126 valence electrons. The Hall–Kier alpha value is -2.70. The van der Waals surface area contributed by atoms with Gasteiger partial charge in [0.25, 0.3) is 0 Å². The molecule has 0 atom stereocenters.